The van der Waals surface area contributed by atoms with E-state index < -0.39 is 0 Å². The lowest BCUT2D eigenvalue weighted by atomic mass is 9.40. The van der Waals surface area contributed by atoms with Crippen LogP contribution in [0.15, 0.2) is 0 Å². The summed E-state index contributed by atoms with van der Waals surface area (Å²) in [4.78, 5) is 12.7. The zero-order valence-electron chi connectivity index (χ0n) is 14.7. The smallest absolute Gasteiger partial charge is 0.136 e. The SMILES string of the molecule is C[C@@H]1C[C@@]23CC[C@@H]4C(C)(C)CC[C@H](O)[C@@]4(C)C2CC(=O)[C@@H]1C3. The predicted molar refractivity (Wildman–Crippen MR) is 87.3 cm³/mol. The third-order valence-electron chi connectivity index (χ3n) is 8.76. The first kappa shape index (κ1) is 15.2. The third kappa shape index (κ3) is 1.68. The Morgan fingerprint density at radius 1 is 1.05 bits per heavy atom. The van der Waals surface area contributed by atoms with Crippen LogP contribution in [0.5, 0.6) is 0 Å². The Morgan fingerprint density at radius 2 is 1.77 bits per heavy atom. The minimum atomic E-state index is -0.215. The van der Waals surface area contributed by atoms with E-state index in [0.717, 1.165) is 25.7 Å². The van der Waals surface area contributed by atoms with Crippen molar-refractivity contribution >= 4 is 5.78 Å². The number of fused-ring (bicyclic) bond motifs is 3. The van der Waals surface area contributed by atoms with Crippen molar-refractivity contribution in [3.63, 3.8) is 0 Å². The Labute approximate surface area is 135 Å². The van der Waals surface area contributed by atoms with Crippen LogP contribution in [0.2, 0.25) is 0 Å². The van der Waals surface area contributed by atoms with Crippen molar-refractivity contribution in [1.82, 2.24) is 0 Å². The number of hydrogen-bond acceptors (Lipinski definition) is 2. The molecule has 1 spiro atoms. The van der Waals surface area contributed by atoms with Crippen LogP contribution >= 0.6 is 0 Å². The summed E-state index contributed by atoms with van der Waals surface area (Å²) >= 11 is 0. The molecular weight excluding hydrogens is 272 g/mol. The molecule has 2 heteroatoms. The molecule has 4 saturated carbocycles. The molecule has 4 rings (SSSR count). The fraction of sp³-hybridized carbons (Fsp3) is 0.950. The minimum Gasteiger partial charge on any atom is -0.393 e. The van der Waals surface area contributed by atoms with E-state index in [1.165, 1.54) is 19.3 Å². The van der Waals surface area contributed by atoms with Crippen molar-refractivity contribution in [1.29, 1.82) is 0 Å². The van der Waals surface area contributed by atoms with Crippen molar-refractivity contribution in [2.75, 3.05) is 0 Å². The molecule has 22 heavy (non-hydrogen) atoms. The van der Waals surface area contributed by atoms with Gasteiger partial charge in [-0.1, -0.05) is 27.7 Å². The minimum absolute atomic E-state index is 0.0509. The highest BCUT2D eigenvalue weighted by Gasteiger charge is 2.67. The fourth-order valence-electron chi connectivity index (χ4n) is 7.73. The van der Waals surface area contributed by atoms with E-state index in [4.69, 9.17) is 0 Å². The van der Waals surface area contributed by atoms with E-state index in [2.05, 4.69) is 27.7 Å². The highest BCUT2D eigenvalue weighted by Crippen LogP contribution is 2.71. The van der Waals surface area contributed by atoms with Crippen LogP contribution < -0.4 is 0 Å². The average molecular weight is 304 g/mol. The monoisotopic (exact) mass is 304 g/mol. The summed E-state index contributed by atoms with van der Waals surface area (Å²) in [5.74, 6) is 2.38. The van der Waals surface area contributed by atoms with Gasteiger partial charge in [-0.25, -0.2) is 0 Å². The van der Waals surface area contributed by atoms with E-state index in [1.54, 1.807) is 0 Å². The van der Waals surface area contributed by atoms with Gasteiger partial charge < -0.3 is 5.11 Å². The van der Waals surface area contributed by atoms with E-state index >= 15 is 0 Å². The van der Waals surface area contributed by atoms with Gasteiger partial charge in [0.15, 0.2) is 0 Å². The summed E-state index contributed by atoms with van der Waals surface area (Å²) in [6.45, 7) is 9.41. The zero-order valence-corrected chi connectivity index (χ0v) is 14.7. The Balaban J connectivity index is 1.80. The molecule has 124 valence electrons. The van der Waals surface area contributed by atoms with E-state index in [-0.39, 0.29) is 11.5 Å². The number of ketones is 1. The Hall–Kier alpha value is -0.370. The predicted octanol–water partition coefficient (Wildman–Crippen LogP) is 4.21. The number of rotatable bonds is 0. The van der Waals surface area contributed by atoms with Crippen molar-refractivity contribution in [2.45, 2.75) is 78.7 Å². The van der Waals surface area contributed by atoms with Gasteiger partial charge in [0.25, 0.3) is 0 Å². The Kier molecular flexibility index (Phi) is 3.02. The highest BCUT2D eigenvalue weighted by atomic mass is 16.3. The molecule has 1 unspecified atom stereocenters. The number of carbonyl (C=O) groups is 1. The Bertz CT molecular complexity index is 510. The van der Waals surface area contributed by atoms with Gasteiger partial charge in [0.1, 0.15) is 5.78 Å². The fourth-order valence-corrected chi connectivity index (χ4v) is 7.73. The second kappa shape index (κ2) is 4.37. The molecule has 0 aromatic heterocycles. The molecule has 0 radical (unpaired) electrons. The van der Waals surface area contributed by atoms with Gasteiger partial charge in [-0.05, 0) is 67.1 Å². The lowest BCUT2D eigenvalue weighted by Gasteiger charge is -2.65. The van der Waals surface area contributed by atoms with Gasteiger partial charge in [0.05, 0.1) is 6.10 Å². The number of Topliss-reactive ketones (excluding diaryl/α,β-unsaturated/α-hetero) is 1. The van der Waals surface area contributed by atoms with Crippen LogP contribution in [-0.2, 0) is 4.79 Å². The molecule has 0 aromatic carbocycles. The molecule has 4 fully saturated rings. The molecule has 0 heterocycles. The molecule has 1 N–H and O–H groups in total. The lowest BCUT2D eigenvalue weighted by molar-refractivity contribution is -0.199. The van der Waals surface area contributed by atoms with Crippen LogP contribution in [-0.4, -0.2) is 17.0 Å². The maximum absolute atomic E-state index is 12.7. The first-order valence-electron chi connectivity index (χ1n) is 9.41. The van der Waals surface area contributed by atoms with Crippen molar-refractivity contribution in [3.8, 4) is 0 Å². The van der Waals surface area contributed by atoms with E-state index in [0.29, 0.717) is 40.3 Å². The summed E-state index contributed by atoms with van der Waals surface area (Å²) in [7, 11) is 0. The second-order valence-corrected chi connectivity index (χ2v) is 10.1. The van der Waals surface area contributed by atoms with Gasteiger partial charge >= 0.3 is 0 Å². The van der Waals surface area contributed by atoms with Crippen molar-refractivity contribution in [3.05, 3.63) is 0 Å². The van der Waals surface area contributed by atoms with E-state index in [9.17, 15) is 9.90 Å². The zero-order chi connectivity index (χ0) is 15.9. The summed E-state index contributed by atoms with van der Waals surface area (Å²) in [5, 5.41) is 11.0. The maximum atomic E-state index is 12.7. The topological polar surface area (TPSA) is 37.3 Å². The van der Waals surface area contributed by atoms with Gasteiger partial charge in [-0.3, -0.25) is 4.79 Å². The summed E-state index contributed by atoms with van der Waals surface area (Å²) < 4.78 is 0. The second-order valence-electron chi connectivity index (χ2n) is 10.1. The molecule has 2 nitrogen and oxygen atoms in total. The molecule has 0 amide bonds. The van der Waals surface area contributed by atoms with Gasteiger partial charge in [-0.2, -0.15) is 0 Å². The van der Waals surface area contributed by atoms with Gasteiger partial charge in [0, 0.05) is 17.8 Å². The summed E-state index contributed by atoms with van der Waals surface area (Å²) in [5.41, 5.74) is 0.613. The number of hydrogen-bond donors (Lipinski definition) is 1. The normalized spacial score (nSPS) is 56.4. The first-order valence-corrected chi connectivity index (χ1v) is 9.41. The number of carbonyl (C=O) groups excluding carboxylic acids is 1. The molecule has 2 bridgehead atoms. The largest absolute Gasteiger partial charge is 0.393 e. The standard InChI is InChI=1S/C20H32O2/c1-12-10-20-8-5-15-18(2,3)7-6-17(22)19(15,4)16(20)9-14(21)13(12)11-20/h12-13,15-17,22H,5-11H2,1-4H3/t12-,13-,15-,16?,17+,19-,20-/m1/s1. The van der Waals surface area contributed by atoms with Crippen molar-refractivity contribution < 1.29 is 9.90 Å². The maximum Gasteiger partial charge on any atom is 0.136 e. The van der Waals surface area contributed by atoms with Gasteiger partial charge in [-0.15, -0.1) is 0 Å². The van der Waals surface area contributed by atoms with Crippen LogP contribution in [0.25, 0.3) is 0 Å². The lowest BCUT2D eigenvalue weighted by Crippen LogP contribution is -2.62. The highest BCUT2D eigenvalue weighted by molar-refractivity contribution is 5.83. The average Bonchev–Trinajstić information content (AvgIpc) is 2.72. The molecule has 4 aliphatic rings. The van der Waals surface area contributed by atoms with Crippen LogP contribution in [0.3, 0.4) is 0 Å². The molecule has 4 aliphatic carbocycles. The summed E-state index contributed by atoms with van der Waals surface area (Å²) in [6, 6.07) is 0. The molecule has 0 aromatic rings. The van der Waals surface area contributed by atoms with Crippen molar-refractivity contribution in [2.24, 2.45) is 39.9 Å². The quantitative estimate of drug-likeness (QED) is 0.728. The Morgan fingerprint density at radius 3 is 2.50 bits per heavy atom. The van der Waals surface area contributed by atoms with Crippen LogP contribution in [0.4, 0.5) is 0 Å². The molecule has 0 aliphatic heterocycles. The van der Waals surface area contributed by atoms with Crippen LogP contribution in [0, 0.1) is 39.9 Å². The number of aliphatic hydroxyl groups is 1. The number of aliphatic hydroxyl groups excluding tert-OH is 1. The van der Waals surface area contributed by atoms with Gasteiger partial charge in [0.2, 0.25) is 0 Å². The molecule has 0 saturated heterocycles. The summed E-state index contributed by atoms with van der Waals surface area (Å²) in [6.07, 6.45) is 7.47. The van der Waals surface area contributed by atoms with E-state index in [1.807, 2.05) is 0 Å². The molecule has 7 atom stereocenters. The van der Waals surface area contributed by atoms with Crippen LogP contribution in [0.1, 0.15) is 72.6 Å². The third-order valence-corrected chi connectivity index (χ3v) is 8.76. The molecular formula is C20H32O2. The first-order chi connectivity index (χ1) is 10.2.